The molecule has 1 aromatic carbocycles. The van der Waals surface area contributed by atoms with Gasteiger partial charge in [-0.25, -0.2) is 18.4 Å². The summed E-state index contributed by atoms with van der Waals surface area (Å²) in [6.45, 7) is 0. The van der Waals surface area contributed by atoms with Gasteiger partial charge >= 0.3 is 5.97 Å². The van der Waals surface area contributed by atoms with E-state index in [1.807, 2.05) is 0 Å². The largest absolute Gasteiger partial charge is 0.489 e. The molecule has 0 saturated heterocycles. The number of hydrogen-bond acceptors (Lipinski definition) is 4. The van der Waals surface area contributed by atoms with Crippen molar-refractivity contribution in [3.05, 3.63) is 23.8 Å². The van der Waals surface area contributed by atoms with E-state index in [9.17, 15) is 13.2 Å². The molecular weight excluding hydrogens is 246 g/mol. The maximum absolute atomic E-state index is 11.4. The van der Waals surface area contributed by atoms with Gasteiger partial charge in [0.2, 0.25) is 10.0 Å². The molecule has 7 heteroatoms. The zero-order valence-electron chi connectivity index (χ0n) is 8.79. The van der Waals surface area contributed by atoms with Gasteiger partial charge in [-0.2, -0.15) is 0 Å². The molecule has 92 valence electrons. The lowest BCUT2D eigenvalue weighted by molar-refractivity contribution is 0.0691. The second-order valence-electron chi connectivity index (χ2n) is 3.80. The van der Waals surface area contributed by atoms with Gasteiger partial charge in [0.05, 0.1) is 11.7 Å². The summed E-state index contributed by atoms with van der Waals surface area (Å²) in [5, 5.41) is 13.9. The molecule has 0 amide bonds. The first-order valence-corrected chi connectivity index (χ1v) is 6.50. The summed E-state index contributed by atoms with van der Waals surface area (Å²) in [5.41, 5.74) is -0.370. The zero-order chi connectivity index (χ0) is 12.6. The molecule has 0 radical (unpaired) electrons. The highest BCUT2D eigenvalue weighted by Crippen LogP contribution is 2.32. The lowest BCUT2D eigenvalue weighted by atomic mass is 10.2. The number of carboxylic acids is 1. The van der Waals surface area contributed by atoms with Crippen molar-refractivity contribution in [2.45, 2.75) is 23.8 Å². The van der Waals surface area contributed by atoms with Crippen molar-refractivity contribution in [1.29, 1.82) is 0 Å². The minimum absolute atomic E-state index is 0.00917. The van der Waals surface area contributed by atoms with E-state index in [-0.39, 0.29) is 17.4 Å². The van der Waals surface area contributed by atoms with Crippen LogP contribution in [0, 0.1) is 0 Å². The van der Waals surface area contributed by atoms with Crippen LogP contribution in [0.15, 0.2) is 23.1 Å². The smallest absolute Gasteiger partial charge is 0.337 e. The van der Waals surface area contributed by atoms with Crippen LogP contribution in [0.25, 0.3) is 0 Å². The second-order valence-corrected chi connectivity index (χ2v) is 5.30. The van der Waals surface area contributed by atoms with Crippen LogP contribution in [0.2, 0.25) is 0 Å². The van der Waals surface area contributed by atoms with Gasteiger partial charge < -0.3 is 9.84 Å². The van der Waals surface area contributed by atoms with Crippen molar-refractivity contribution in [3.63, 3.8) is 0 Å². The van der Waals surface area contributed by atoms with E-state index in [4.69, 9.17) is 15.0 Å². The predicted molar refractivity (Wildman–Crippen MR) is 58.4 cm³/mol. The zero-order valence-corrected chi connectivity index (χ0v) is 9.61. The molecule has 0 atom stereocenters. The Morgan fingerprint density at radius 3 is 2.53 bits per heavy atom. The summed E-state index contributed by atoms with van der Waals surface area (Å²) >= 11 is 0. The molecule has 0 bridgehead atoms. The second kappa shape index (κ2) is 4.01. The van der Waals surface area contributed by atoms with E-state index in [0.717, 1.165) is 12.8 Å². The molecule has 2 rings (SSSR count). The fourth-order valence-electron chi connectivity index (χ4n) is 1.44. The molecule has 0 aromatic heterocycles. The fourth-order valence-corrected chi connectivity index (χ4v) is 2.29. The minimum atomic E-state index is -4.13. The van der Waals surface area contributed by atoms with Crippen LogP contribution in [0.3, 0.4) is 0 Å². The molecule has 1 fully saturated rings. The van der Waals surface area contributed by atoms with Gasteiger partial charge in [0.25, 0.3) is 0 Å². The molecule has 1 saturated carbocycles. The maximum atomic E-state index is 11.4. The number of carboxylic acid groups (broad SMARTS) is 1. The van der Waals surface area contributed by atoms with Crippen molar-refractivity contribution >= 4 is 16.0 Å². The van der Waals surface area contributed by atoms with E-state index in [2.05, 4.69) is 0 Å². The van der Waals surface area contributed by atoms with Crippen molar-refractivity contribution in [2.24, 2.45) is 5.14 Å². The summed E-state index contributed by atoms with van der Waals surface area (Å²) in [6, 6.07) is 4.02. The molecule has 0 aliphatic heterocycles. The van der Waals surface area contributed by atoms with E-state index < -0.39 is 20.9 Å². The molecule has 17 heavy (non-hydrogen) atoms. The summed E-state index contributed by atoms with van der Waals surface area (Å²) < 4.78 is 28.2. The third kappa shape index (κ3) is 2.56. The van der Waals surface area contributed by atoms with Gasteiger partial charge in [-0.15, -0.1) is 0 Å². The Hall–Kier alpha value is -1.60. The Bertz CT molecular complexity index is 562. The number of primary sulfonamides is 1. The van der Waals surface area contributed by atoms with Crippen LogP contribution in [0.1, 0.15) is 23.2 Å². The number of sulfonamides is 1. The number of rotatable bonds is 4. The molecule has 3 N–H and O–H groups in total. The lowest BCUT2D eigenvalue weighted by Gasteiger charge is -2.11. The number of benzene rings is 1. The third-order valence-corrected chi connectivity index (χ3v) is 3.30. The first kappa shape index (κ1) is 11.9. The van der Waals surface area contributed by atoms with Gasteiger partial charge in [-0.05, 0) is 25.0 Å². The molecule has 0 heterocycles. The van der Waals surface area contributed by atoms with Crippen LogP contribution in [-0.4, -0.2) is 25.6 Å². The highest BCUT2D eigenvalue weighted by molar-refractivity contribution is 7.89. The standard InChI is InChI=1S/C10H11NO5S/c11-17(14,15)9-7(10(12)13)2-1-3-8(9)16-6-4-5-6/h1-3,6H,4-5H2,(H,12,13)(H2,11,14,15). The lowest BCUT2D eigenvalue weighted by Crippen LogP contribution is -2.18. The molecular formula is C10H11NO5S. The number of ether oxygens (including phenoxy) is 1. The Balaban J connectivity index is 2.57. The van der Waals surface area contributed by atoms with E-state index in [1.165, 1.54) is 18.2 Å². The molecule has 0 spiro atoms. The van der Waals surface area contributed by atoms with Gasteiger partial charge in [-0.3, -0.25) is 0 Å². The maximum Gasteiger partial charge on any atom is 0.337 e. The van der Waals surface area contributed by atoms with Crippen molar-refractivity contribution in [3.8, 4) is 5.75 Å². The van der Waals surface area contributed by atoms with E-state index in [0.29, 0.717) is 0 Å². The molecule has 1 aliphatic rings. The molecule has 1 aromatic rings. The van der Waals surface area contributed by atoms with Gasteiger partial charge in [0.15, 0.2) is 0 Å². The predicted octanol–water partition coefficient (Wildman–Crippen LogP) is 0.573. The average Bonchev–Trinajstić information content (AvgIpc) is 2.99. The molecule has 0 unspecified atom stereocenters. The van der Waals surface area contributed by atoms with Crippen LogP contribution in [-0.2, 0) is 10.0 Å². The number of hydrogen-bond donors (Lipinski definition) is 2. The SMILES string of the molecule is NS(=O)(=O)c1c(OC2CC2)cccc1C(=O)O. The minimum Gasteiger partial charge on any atom is -0.489 e. The van der Waals surface area contributed by atoms with Gasteiger partial charge in [0.1, 0.15) is 10.6 Å². The Morgan fingerprint density at radius 1 is 1.41 bits per heavy atom. The average molecular weight is 257 g/mol. The van der Waals surface area contributed by atoms with Crippen molar-refractivity contribution in [1.82, 2.24) is 0 Å². The van der Waals surface area contributed by atoms with Crippen LogP contribution in [0.5, 0.6) is 5.75 Å². The fraction of sp³-hybridized carbons (Fsp3) is 0.300. The summed E-state index contributed by atoms with van der Waals surface area (Å²) in [4.78, 5) is 10.5. The van der Waals surface area contributed by atoms with Gasteiger partial charge in [0, 0.05) is 0 Å². The normalized spacial score (nSPS) is 15.6. The highest BCUT2D eigenvalue weighted by atomic mass is 32.2. The van der Waals surface area contributed by atoms with Crippen molar-refractivity contribution in [2.75, 3.05) is 0 Å². The van der Waals surface area contributed by atoms with Crippen LogP contribution >= 0.6 is 0 Å². The number of nitrogens with two attached hydrogens (primary N) is 1. The van der Waals surface area contributed by atoms with Gasteiger partial charge in [-0.1, -0.05) is 6.07 Å². The molecule has 6 nitrogen and oxygen atoms in total. The highest BCUT2D eigenvalue weighted by Gasteiger charge is 2.29. The Morgan fingerprint density at radius 2 is 2.06 bits per heavy atom. The molecule has 1 aliphatic carbocycles. The van der Waals surface area contributed by atoms with Crippen molar-refractivity contribution < 1.29 is 23.1 Å². The summed E-state index contributed by atoms with van der Waals surface area (Å²) in [5.74, 6) is -1.34. The van der Waals surface area contributed by atoms with E-state index >= 15 is 0 Å². The first-order chi connectivity index (χ1) is 7.89. The topological polar surface area (TPSA) is 107 Å². The number of aromatic carboxylic acids is 1. The quantitative estimate of drug-likeness (QED) is 0.820. The number of carbonyl (C=O) groups is 1. The Kier molecular flexibility index (Phi) is 2.80. The van der Waals surface area contributed by atoms with E-state index in [1.54, 1.807) is 0 Å². The monoisotopic (exact) mass is 257 g/mol. The summed E-state index contributed by atoms with van der Waals surface area (Å²) in [6.07, 6.45) is 1.63. The van der Waals surface area contributed by atoms with Crippen LogP contribution < -0.4 is 9.88 Å². The third-order valence-electron chi connectivity index (χ3n) is 2.31. The first-order valence-electron chi connectivity index (χ1n) is 4.95. The Labute approximate surface area is 98.1 Å². The summed E-state index contributed by atoms with van der Waals surface area (Å²) in [7, 11) is -4.13. The van der Waals surface area contributed by atoms with Crippen LogP contribution in [0.4, 0.5) is 0 Å².